The van der Waals surface area contributed by atoms with Crippen LogP contribution in [0.4, 0.5) is 0 Å². The van der Waals surface area contributed by atoms with Crippen molar-refractivity contribution in [2.75, 3.05) is 7.11 Å². The fraction of sp³-hybridized carbons (Fsp3) is 0.500. The third-order valence-electron chi connectivity index (χ3n) is 4.15. The topological polar surface area (TPSA) is 74.2 Å². The molecule has 2 aromatic rings. The lowest BCUT2D eigenvalue weighted by Crippen LogP contribution is -2.50. The molecule has 2 N–H and O–H groups in total. The van der Waals surface area contributed by atoms with Crippen LogP contribution in [0.15, 0.2) is 28.8 Å². The molecule has 0 atom stereocenters. The maximum Gasteiger partial charge on any atom is 0.234 e. The van der Waals surface area contributed by atoms with Crippen LogP contribution in [0, 0.1) is 0 Å². The van der Waals surface area contributed by atoms with Gasteiger partial charge in [-0.05, 0) is 33.8 Å². The summed E-state index contributed by atoms with van der Waals surface area (Å²) in [6.07, 6.45) is 0.564. The van der Waals surface area contributed by atoms with E-state index in [-0.39, 0.29) is 0 Å². The molecule has 0 unspecified atom stereocenters. The lowest BCUT2D eigenvalue weighted by atomic mass is 9.75. The molecule has 0 radical (unpaired) electrons. The quantitative estimate of drug-likeness (QED) is 0.916. The second-order valence-electron chi connectivity index (χ2n) is 6.35. The van der Waals surface area contributed by atoms with Crippen LogP contribution in [0.2, 0.25) is 0 Å². The molecule has 21 heavy (non-hydrogen) atoms. The van der Waals surface area contributed by atoms with Crippen molar-refractivity contribution in [3.63, 3.8) is 0 Å². The highest BCUT2D eigenvalue weighted by atomic mass is 16.5. The van der Waals surface area contributed by atoms with Gasteiger partial charge in [0.15, 0.2) is 5.82 Å². The van der Waals surface area contributed by atoms with Gasteiger partial charge in [-0.25, -0.2) is 0 Å². The van der Waals surface area contributed by atoms with Crippen molar-refractivity contribution in [3.05, 3.63) is 41.5 Å². The molecule has 2 rings (SSSR count). The Morgan fingerprint density at radius 3 is 2.48 bits per heavy atom. The standard InChI is InChI=1S/C16H23N3O2/c1-15(2,16(3,4)17)14-18-13(19-21-14)10-11-8-6-7-9-12(11)20-5/h6-9H,10,17H2,1-5H3. The van der Waals surface area contributed by atoms with Crippen LogP contribution in [0.1, 0.15) is 45.0 Å². The van der Waals surface area contributed by atoms with Crippen LogP contribution < -0.4 is 10.5 Å². The number of nitrogens with zero attached hydrogens (tertiary/aromatic N) is 2. The van der Waals surface area contributed by atoms with Gasteiger partial charge in [0.25, 0.3) is 0 Å². The molecular weight excluding hydrogens is 266 g/mol. The second kappa shape index (κ2) is 5.48. The summed E-state index contributed by atoms with van der Waals surface area (Å²) in [5.41, 5.74) is 6.37. The third kappa shape index (κ3) is 3.08. The zero-order valence-corrected chi connectivity index (χ0v) is 13.3. The van der Waals surface area contributed by atoms with Crippen molar-refractivity contribution < 1.29 is 9.26 Å². The van der Waals surface area contributed by atoms with Crippen molar-refractivity contribution in [3.8, 4) is 5.75 Å². The molecular formula is C16H23N3O2. The van der Waals surface area contributed by atoms with Crippen molar-refractivity contribution in [2.45, 2.75) is 45.1 Å². The van der Waals surface area contributed by atoms with E-state index in [1.807, 2.05) is 52.0 Å². The molecule has 0 aliphatic heterocycles. The fourth-order valence-corrected chi connectivity index (χ4v) is 1.87. The first-order valence-electron chi connectivity index (χ1n) is 6.99. The fourth-order valence-electron chi connectivity index (χ4n) is 1.87. The molecule has 1 heterocycles. The molecule has 0 aliphatic rings. The number of para-hydroxylation sites is 1. The summed E-state index contributed by atoms with van der Waals surface area (Å²) in [6.45, 7) is 7.93. The van der Waals surface area contributed by atoms with E-state index in [1.165, 1.54) is 0 Å². The Bertz CT molecular complexity index is 612. The molecule has 0 spiro atoms. The summed E-state index contributed by atoms with van der Waals surface area (Å²) >= 11 is 0. The van der Waals surface area contributed by atoms with Crippen LogP contribution in [-0.2, 0) is 11.8 Å². The van der Waals surface area contributed by atoms with Crippen LogP contribution in [0.3, 0.4) is 0 Å². The molecule has 0 saturated carbocycles. The summed E-state index contributed by atoms with van der Waals surface area (Å²) in [5, 5.41) is 4.07. The number of aromatic nitrogens is 2. The van der Waals surface area contributed by atoms with Crippen molar-refractivity contribution in [2.24, 2.45) is 5.73 Å². The average Bonchev–Trinajstić information content (AvgIpc) is 2.87. The van der Waals surface area contributed by atoms with E-state index in [0.29, 0.717) is 18.1 Å². The molecule has 5 nitrogen and oxygen atoms in total. The number of nitrogens with two attached hydrogens (primary N) is 1. The summed E-state index contributed by atoms with van der Waals surface area (Å²) in [4.78, 5) is 4.51. The van der Waals surface area contributed by atoms with E-state index >= 15 is 0 Å². The predicted molar refractivity (Wildman–Crippen MR) is 81.4 cm³/mol. The average molecular weight is 289 g/mol. The Labute approximate surface area is 125 Å². The van der Waals surface area contributed by atoms with E-state index in [0.717, 1.165) is 11.3 Å². The van der Waals surface area contributed by atoms with Gasteiger partial charge in [-0.1, -0.05) is 23.4 Å². The third-order valence-corrected chi connectivity index (χ3v) is 4.15. The van der Waals surface area contributed by atoms with Gasteiger partial charge >= 0.3 is 0 Å². The zero-order chi connectivity index (χ0) is 15.7. The predicted octanol–water partition coefficient (Wildman–Crippen LogP) is 2.68. The summed E-state index contributed by atoms with van der Waals surface area (Å²) in [7, 11) is 1.65. The van der Waals surface area contributed by atoms with Gasteiger partial charge in [0, 0.05) is 17.5 Å². The zero-order valence-electron chi connectivity index (χ0n) is 13.3. The van der Waals surface area contributed by atoms with Gasteiger partial charge < -0.3 is 15.0 Å². The van der Waals surface area contributed by atoms with E-state index in [2.05, 4.69) is 10.1 Å². The molecule has 114 valence electrons. The normalized spacial score (nSPS) is 12.5. The highest BCUT2D eigenvalue weighted by Gasteiger charge is 2.40. The van der Waals surface area contributed by atoms with Crippen LogP contribution in [-0.4, -0.2) is 22.8 Å². The SMILES string of the molecule is COc1ccccc1Cc1noc(C(C)(C)C(C)(C)N)n1. The molecule has 1 aromatic carbocycles. The Balaban J connectivity index is 2.25. The van der Waals surface area contributed by atoms with E-state index in [9.17, 15) is 0 Å². The molecule has 0 amide bonds. The molecule has 0 bridgehead atoms. The van der Waals surface area contributed by atoms with Gasteiger partial charge in [-0.15, -0.1) is 0 Å². The van der Waals surface area contributed by atoms with Gasteiger partial charge in [-0.2, -0.15) is 4.98 Å². The smallest absolute Gasteiger partial charge is 0.234 e. The maximum absolute atomic E-state index is 6.20. The molecule has 1 aromatic heterocycles. The van der Waals surface area contributed by atoms with Crippen molar-refractivity contribution >= 4 is 0 Å². The largest absolute Gasteiger partial charge is 0.496 e. The highest BCUT2D eigenvalue weighted by molar-refractivity contribution is 5.35. The molecule has 0 aliphatic carbocycles. The molecule has 0 fully saturated rings. The van der Waals surface area contributed by atoms with Gasteiger partial charge in [0.2, 0.25) is 5.89 Å². The van der Waals surface area contributed by atoms with Crippen LogP contribution >= 0.6 is 0 Å². The van der Waals surface area contributed by atoms with E-state index in [1.54, 1.807) is 7.11 Å². The number of methoxy groups -OCH3 is 1. The number of hydrogen-bond donors (Lipinski definition) is 1. The number of rotatable bonds is 5. The number of ether oxygens (including phenoxy) is 1. The van der Waals surface area contributed by atoms with E-state index < -0.39 is 11.0 Å². The maximum atomic E-state index is 6.20. The monoisotopic (exact) mass is 289 g/mol. The Kier molecular flexibility index (Phi) is 4.05. The van der Waals surface area contributed by atoms with Crippen LogP contribution in [0.5, 0.6) is 5.75 Å². The minimum atomic E-state index is -0.457. The van der Waals surface area contributed by atoms with Gasteiger partial charge in [-0.3, -0.25) is 0 Å². The highest BCUT2D eigenvalue weighted by Crippen LogP contribution is 2.32. The first-order valence-corrected chi connectivity index (χ1v) is 6.99. The Morgan fingerprint density at radius 2 is 1.86 bits per heavy atom. The lowest BCUT2D eigenvalue weighted by Gasteiger charge is -2.34. The molecule has 0 saturated heterocycles. The molecule has 5 heteroatoms. The number of hydrogen-bond acceptors (Lipinski definition) is 5. The lowest BCUT2D eigenvalue weighted by molar-refractivity contribution is 0.222. The van der Waals surface area contributed by atoms with E-state index in [4.69, 9.17) is 15.0 Å². The Morgan fingerprint density at radius 1 is 1.19 bits per heavy atom. The first kappa shape index (κ1) is 15.5. The number of benzene rings is 1. The van der Waals surface area contributed by atoms with Gasteiger partial charge in [0.1, 0.15) is 5.75 Å². The van der Waals surface area contributed by atoms with Crippen molar-refractivity contribution in [1.82, 2.24) is 10.1 Å². The summed E-state index contributed by atoms with van der Waals surface area (Å²) < 4.78 is 10.8. The van der Waals surface area contributed by atoms with Crippen LogP contribution in [0.25, 0.3) is 0 Å². The van der Waals surface area contributed by atoms with Crippen molar-refractivity contribution in [1.29, 1.82) is 0 Å². The summed E-state index contributed by atoms with van der Waals surface area (Å²) in [6, 6.07) is 7.81. The summed E-state index contributed by atoms with van der Waals surface area (Å²) in [5.74, 6) is 2.01. The minimum Gasteiger partial charge on any atom is -0.496 e. The first-order chi connectivity index (χ1) is 9.75. The van der Waals surface area contributed by atoms with Gasteiger partial charge in [0.05, 0.1) is 12.5 Å². The second-order valence-corrected chi connectivity index (χ2v) is 6.35. The Hall–Kier alpha value is -1.88. The minimum absolute atomic E-state index is 0.404.